The lowest BCUT2D eigenvalue weighted by Gasteiger charge is -2.23. The summed E-state index contributed by atoms with van der Waals surface area (Å²) in [6.45, 7) is 3.67. The number of carboxylic acids is 2. The summed E-state index contributed by atoms with van der Waals surface area (Å²) in [7, 11) is 0. The number of rotatable bonds is 8. The van der Waals surface area contributed by atoms with Crippen LogP contribution in [0.15, 0.2) is 0 Å². The minimum absolute atomic E-state index is 0.0257. The van der Waals surface area contributed by atoms with Crippen molar-refractivity contribution in [1.29, 1.82) is 0 Å². The average molecular weight is 427 g/mol. The van der Waals surface area contributed by atoms with Crippen LogP contribution in [0.25, 0.3) is 0 Å². The fraction of sp³-hybridized carbons (Fsp3) is 0.818. The second kappa shape index (κ2) is 14.0. The fourth-order valence-corrected chi connectivity index (χ4v) is 4.02. The molecule has 2 saturated carbocycles. The highest BCUT2D eigenvalue weighted by atomic mass is 16.4. The number of nitrogens with one attached hydrogen (secondary N) is 2. The van der Waals surface area contributed by atoms with Crippen LogP contribution in [0, 0.1) is 17.8 Å². The van der Waals surface area contributed by atoms with Crippen LogP contribution in [0.3, 0.4) is 0 Å². The van der Waals surface area contributed by atoms with Gasteiger partial charge < -0.3 is 20.8 Å². The van der Waals surface area contributed by atoms with E-state index in [0.717, 1.165) is 51.4 Å². The third kappa shape index (κ3) is 10.6. The maximum Gasteiger partial charge on any atom is 0.326 e. The van der Waals surface area contributed by atoms with Crippen LogP contribution in [0.5, 0.6) is 0 Å². The van der Waals surface area contributed by atoms with E-state index in [0.29, 0.717) is 6.42 Å². The molecule has 0 aromatic rings. The smallest absolute Gasteiger partial charge is 0.326 e. The molecule has 0 aromatic carbocycles. The van der Waals surface area contributed by atoms with E-state index < -0.39 is 18.0 Å². The Kier molecular flexibility index (Phi) is 12.1. The van der Waals surface area contributed by atoms with Crippen LogP contribution in [-0.2, 0) is 19.2 Å². The largest absolute Gasteiger partial charge is 0.480 e. The van der Waals surface area contributed by atoms with Crippen molar-refractivity contribution >= 4 is 23.8 Å². The Hall–Kier alpha value is -2.12. The lowest BCUT2D eigenvalue weighted by molar-refractivity contribution is -0.143. The Bertz CT molecular complexity index is 566. The molecule has 0 aliphatic heterocycles. The number of carboxylic acid groups (broad SMARTS) is 2. The normalized spacial score (nSPS) is 18.6. The standard InChI is InChI=1S/C13H23NO3.C9H15NO3/c1-9(2)8-11(13(16)17)14-12(15)10-6-4-3-5-7-10;11-8(12)6-10-9(13)7-4-2-1-3-5-7/h9-11H,3-8H2,1-2H3,(H,14,15)(H,16,17);7H,1-6H2,(H,10,13)(H,11,12)/t11-;/m0./s1. The lowest BCUT2D eigenvalue weighted by atomic mass is 9.88. The molecule has 8 heteroatoms. The van der Waals surface area contributed by atoms with Gasteiger partial charge in [0.15, 0.2) is 0 Å². The van der Waals surface area contributed by atoms with Crippen LogP contribution in [0.1, 0.15) is 84.5 Å². The van der Waals surface area contributed by atoms with E-state index in [2.05, 4.69) is 10.6 Å². The predicted octanol–water partition coefficient (Wildman–Crippen LogP) is 2.95. The molecule has 0 aromatic heterocycles. The van der Waals surface area contributed by atoms with Crippen molar-refractivity contribution in [2.24, 2.45) is 17.8 Å². The van der Waals surface area contributed by atoms with Gasteiger partial charge in [0.25, 0.3) is 0 Å². The minimum atomic E-state index is -0.982. The SMILES string of the molecule is CC(C)C[C@H](NC(=O)C1CCCCC1)C(=O)O.O=C(O)CNC(=O)C1CCCCC1. The summed E-state index contributed by atoms with van der Waals surface area (Å²) in [5.41, 5.74) is 0. The van der Waals surface area contributed by atoms with Crippen LogP contribution in [-0.4, -0.2) is 46.6 Å². The van der Waals surface area contributed by atoms with Gasteiger partial charge >= 0.3 is 11.9 Å². The molecule has 2 aliphatic rings. The maximum atomic E-state index is 11.9. The first-order valence-corrected chi connectivity index (χ1v) is 11.2. The second-order valence-electron chi connectivity index (χ2n) is 8.81. The van der Waals surface area contributed by atoms with E-state index in [9.17, 15) is 19.2 Å². The summed E-state index contributed by atoms with van der Waals surface area (Å²) in [6, 6.07) is -0.732. The predicted molar refractivity (Wildman–Crippen MR) is 113 cm³/mol. The van der Waals surface area contributed by atoms with E-state index in [1.165, 1.54) is 12.8 Å². The quantitative estimate of drug-likeness (QED) is 0.472. The number of carbonyl (C=O) groups excluding carboxylic acids is 2. The molecule has 1 atom stereocenters. The first-order valence-electron chi connectivity index (χ1n) is 11.2. The fourth-order valence-electron chi connectivity index (χ4n) is 4.02. The third-order valence-electron chi connectivity index (χ3n) is 5.69. The highest BCUT2D eigenvalue weighted by molar-refractivity contribution is 5.85. The Labute approximate surface area is 179 Å². The number of amides is 2. The summed E-state index contributed by atoms with van der Waals surface area (Å²) < 4.78 is 0. The van der Waals surface area contributed by atoms with Gasteiger partial charge in [0.2, 0.25) is 11.8 Å². The molecule has 0 radical (unpaired) electrons. The molecule has 0 saturated heterocycles. The lowest BCUT2D eigenvalue weighted by Crippen LogP contribution is -2.44. The van der Waals surface area contributed by atoms with Crippen molar-refractivity contribution in [2.45, 2.75) is 90.5 Å². The Balaban J connectivity index is 0.000000311. The van der Waals surface area contributed by atoms with E-state index in [4.69, 9.17) is 10.2 Å². The summed E-state index contributed by atoms with van der Waals surface area (Å²) in [6.07, 6.45) is 10.8. The molecule has 4 N–H and O–H groups in total. The summed E-state index contributed by atoms with van der Waals surface area (Å²) in [5, 5.41) is 22.5. The minimum Gasteiger partial charge on any atom is -0.480 e. The first-order chi connectivity index (χ1) is 14.2. The van der Waals surface area contributed by atoms with Gasteiger partial charge in [0, 0.05) is 11.8 Å². The molecule has 2 fully saturated rings. The zero-order chi connectivity index (χ0) is 22.5. The topological polar surface area (TPSA) is 133 Å². The van der Waals surface area contributed by atoms with Gasteiger partial charge in [-0.2, -0.15) is 0 Å². The molecule has 30 heavy (non-hydrogen) atoms. The van der Waals surface area contributed by atoms with Gasteiger partial charge in [-0.25, -0.2) is 4.79 Å². The van der Waals surface area contributed by atoms with Crippen molar-refractivity contribution < 1.29 is 29.4 Å². The monoisotopic (exact) mass is 426 g/mol. The second-order valence-corrected chi connectivity index (χ2v) is 8.81. The van der Waals surface area contributed by atoms with Gasteiger partial charge in [-0.05, 0) is 38.0 Å². The van der Waals surface area contributed by atoms with Crippen molar-refractivity contribution in [2.75, 3.05) is 6.54 Å². The summed E-state index contributed by atoms with van der Waals surface area (Å²) in [4.78, 5) is 44.5. The molecule has 2 amide bonds. The molecule has 0 bridgehead atoms. The van der Waals surface area contributed by atoms with Crippen LogP contribution in [0.2, 0.25) is 0 Å². The molecule has 0 heterocycles. The van der Waals surface area contributed by atoms with E-state index in [-0.39, 0.29) is 36.1 Å². The van der Waals surface area contributed by atoms with Crippen LogP contribution >= 0.6 is 0 Å². The van der Waals surface area contributed by atoms with Crippen molar-refractivity contribution in [1.82, 2.24) is 10.6 Å². The molecule has 8 nitrogen and oxygen atoms in total. The van der Waals surface area contributed by atoms with Crippen LogP contribution in [0.4, 0.5) is 0 Å². The number of carbonyl (C=O) groups is 4. The summed E-state index contributed by atoms with van der Waals surface area (Å²) in [5.74, 6) is -1.74. The van der Waals surface area contributed by atoms with Crippen molar-refractivity contribution in [3.05, 3.63) is 0 Å². The molecule has 0 unspecified atom stereocenters. The van der Waals surface area contributed by atoms with E-state index in [1.54, 1.807) is 0 Å². The molecular weight excluding hydrogens is 388 g/mol. The number of aliphatic carboxylic acids is 2. The Morgan fingerprint density at radius 2 is 1.27 bits per heavy atom. The molecular formula is C22H38N2O6. The van der Waals surface area contributed by atoms with E-state index >= 15 is 0 Å². The summed E-state index contributed by atoms with van der Waals surface area (Å²) >= 11 is 0. The Morgan fingerprint density at radius 3 is 1.67 bits per heavy atom. The van der Waals surface area contributed by atoms with Gasteiger partial charge in [0.05, 0.1) is 0 Å². The van der Waals surface area contributed by atoms with E-state index in [1.807, 2.05) is 13.8 Å². The molecule has 2 aliphatic carbocycles. The number of hydrogen-bond donors (Lipinski definition) is 4. The number of hydrogen-bond acceptors (Lipinski definition) is 4. The van der Waals surface area contributed by atoms with Gasteiger partial charge in [0.1, 0.15) is 12.6 Å². The van der Waals surface area contributed by atoms with Gasteiger partial charge in [-0.15, -0.1) is 0 Å². The highest BCUT2D eigenvalue weighted by Crippen LogP contribution is 2.24. The first kappa shape index (κ1) is 25.9. The Morgan fingerprint density at radius 1 is 0.800 bits per heavy atom. The van der Waals surface area contributed by atoms with Crippen molar-refractivity contribution in [3.8, 4) is 0 Å². The third-order valence-corrected chi connectivity index (χ3v) is 5.69. The average Bonchev–Trinajstić information content (AvgIpc) is 2.72. The van der Waals surface area contributed by atoms with Crippen LogP contribution < -0.4 is 10.6 Å². The highest BCUT2D eigenvalue weighted by Gasteiger charge is 2.26. The molecule has 172 valence electrons. The van der Waals surface area contributed by atoms with Gasteiger partial charge in [-0.3, -0.25) is 14.4 Å². The van der Waals surface area contributed by atoms with Gasteiger partial charge in [-0.1, -0.05) is 52.4 Å². The maximum absolute atomic E-state index is 11.9. The molecule has 0 spiro atoms. The van der Waals surface area contributed by atoms with Crippen molar-refractivity contribution in [3.63, 3.8) is 0 Å². The zero-order valence-corrected chi connectivity index (χ0v) is 18.3. The molecule has 2 rings (SSSR count). The zero-order valence-electron chi connectivity index (χ0n) is 18.3.